The minimum atomic E-state index is -1.50. The van der Waals surface area contributed by atoms with Crippen LogP contribution in [0.15, 0.2) is 18.3 Å². The number of carbonyl (C=O) groups excluding carboxylic acids is 1. The van der Waals surface area contributed by atoms with E-state index in [1.807, 2.05) is 4.90 Å². The van der Waals surface area contributed by atoms with E-state index in [2.05, 4.69) is 10.2 Å². The smallest absolute Gasteiger partial charge is 0.261 e. The summed E-state index contributed by atoms with van der Waals surface area (Å²) in [5.41, 5.74) is 2.70. The van der Waals surface area contributed by atoms with Crippen molar-refractivity contribution in [2.75, 3.05) is 7.11 Å². The zero-order valence-corrected chi connectivity index (χ0v) is 17.9. The van der Waals surface area contributed by atoms with Crippen LogP contribution in [0, 0.1) is 17.5 Å². The van der Waals surface area contributed by atoms with Crippen LogP contribution >= 0.6 is 0 Å². The number of ether oxygens (including phenoxy) is 1. The van der Waals surface area contributed by atoms with E-state index in [9.17, 15) is 18.0 Å². The highest BCUT2D eigenvalue weighted by molar-refractivity contribution is 5.97. The number of halogens is 3. The van der Waals surface area contributed by atoms with Gasteiger partial charge in [0.05, 0.1) is 30.7 Å². The van der Waals surface area contributed by atoms with Gasteiger partial charge in [0, 0.05) is 31.3 Å². The second-order valence-corrected chi connectivity index (χ2v) is 8.30. The summed E-state index contributed by atoms with van der Waals surface area (Å²) in [6.45, 7) is 0. The molecule has 5 rings (SSSR count). The molecule has 0 N–H and O–H groups in total. The quantitative estimate of drug-likeness (QED) is 0.579. The number of aryl methyl sites for hydroxylation is 2. The Morgan fingerprint density at radius 2 is 1.84 bits per heavy atom. The maximum Gasteiger partial charge on any atom is 0.261 e. The Hall–Kier alpha value is -3.30. The Bertz CT molecular complexity index is 1210. The molecule has 1 amide bonds. The molecule has 0 aliphatic carbocycles. The molecule has 0 radical (unpaired) electrons. The van der Waals surface area contributed by atoms with Crippen LogP contribution in [0.25, 0.3) is 11.3 Å². The van der Waals surface area contributed by atoms with Crippen LogP contribution < -0.4 is 4.74 Å². The summed E-state index contributed by atoms with van der Waals surface area (Å²) in [5, 5.41) is 8.78. The maximum atomic E-state index is 13.9. The summed E-state index contributed by atoms with van der Waals surface area (Å²) in [4.78, 5) is 15.4. The second-order valence-electron chi connectivity index (χ2n) is 8.30. The number of fused-ring (bicyclic) bond motifs is 4. The third kappa shape index (κ3) is 2.92. The third-order valence-corrected chi connectivity index (χ3v) is 6.48. The number of piperidine rings is 1. The van der Waals surface area contributed by atoms with Gasteiger partial charge in [0.1, 0.15) is 5.56 Å². The van der Waals surface area contributed by atoms with Crippen molar-refractivity contribution >= 4 is 5.91 Å². The molecule has 0 spiro atoms. The fourth-order valence-electron chi connectivity index (χ4n) is 5.16. The fraction of sp³-hybridized carbons (Fsp3) is 0.409. The molecule has 2 aromatic heterocycles. The van der Waals surface area contributed by atoms with Crippen molar-refractivity contribution in [2.45, 2.75) is 37.8 Å². The van der Waals surface area contributed by atoms with Crippen molar-refractivity contribution in [1.82, 2.24) is 24.5 Å². The lowest BCUT2D eigenvalue weighted by molar-refractivity contribution is 0.0388. The Labute approximate surface area is 182 Å². The van der Waals surface area contributed by atoms with Gasteiger partial charge in [0.2, 0.25) is 5.88 Å². The van der Waals surface area contributed by atoms with E-state index >= 15 is 0 Å². The van der Waals surface area contributed by atoms with Gasteiger partial charge in [-0.2, -0.15) is 10.2 Å². The van der Waals surface area contributed by atoms with Gasteiger partial charge in [-0.3, -0.25) is 9.48 Å². The highest BCUT2D eigenvalue weighted by Gasteiger charge is 2.44. The standard InChI is InChI=1S/C22H22F3N5O2/c1-28-20(11-7-15(23)18(25)16(24)8-11)13-9-12-5-4-6-17(19(13)27-28)30(12)21(31)14-10-26-29(2)22(14)32-3/h7-8,10,12,17H,4-6,9H2,1-3H3/t12-,17+/m1/s1. The first-order chi connectivity index (χ1) is 15.3. The molecule has 10 heteroatoms. The predicted octanol–water partition coefficient (Wildman–Crippen LogP) is 3.54. The van der Waals surface area contributed by atoms with E-state index in [0.29, 0.717) is 29.3 Å². The van der Waals surface area contributed by atoms with Crippen LogP contribution in [0.1, 0.15) is 46.9 Å². The summed E-state index contributed by atoms with van der Waals surface area (Å²) in [6.07, 6.45) is 4.45. The normalized spacial score (nSPS) is 19.8. The van der Waals surface area contributed by atoms with Gasteiger partial charge in [-0.1, -0.05) is 0 Å². The molecule has 7 nitrogen and oxygen atoms in total. The molecular formula is C22H22F3N5O2. The van der Waals surface area contributed by atoms with Crippen molar-refractivity contribution in [1.29, 1.82) is 0 Å². The average molecular weight is 445 g/mol. The Kier molecular flexibility index (Phi) is 4.75. The predicted molar refractivity (Wildman–Crippen MR) is 109 cm³/mol. The average Bonchev–Trinajstić information content (AvgIpc) is 3.29. The van der Waals surface area contributed by atoms with Crippen LogP contribution in [0.4, 0.5) is 13.2 Å². The minimum absolute atomic E-state index is 0.100. The number of aromatic nitrogens is 4. The fourth-order valence-corrected chi connectivity index (χ4v) is 5.16. The largest absolute Gasteiger partial charge is 0.481 e. The Morgan fingerprint density at radius 1 is 1.12 bits per heavy atom. The van der Waals surface area contributed by atoms with Crippen molar-refractivity contribution in [2.24, 2.45) is 14.1 Å². The van der Waals surface area contributed by atoms with Gasteiger partial charge in [-0.05, 0) is 37.8 Å². The molecule has 2 atom stereocenters. The number of benzene rings is 1. The molecular weight excluding hydrogens is 423 g/mol. The lowest BCUT2D eigenvalue weighted by Gasteiger charge is -2.45. The summed E-state index contributed by atoms with van der Waals surface area (Å²) in [7, 11) is 4.89. The molecule has 2 aliphatic heterocycles. The summed E-state index contributed by atoms with van der Waals surface area (Å²) in [5.74, 6) is -3.78. The van der Waals surface area contributed by atoms with Crippen LogP contribution in [-0.4, -0.2) is 43.5 Å². The SMILES string of the molecule is COc1c(C(=O)N2[C@@H]3CCC[C@H]2c2nn(C)c(-c4cc(F)c(F)c(F)c4)c2C3)cnn1C. The van der Waals surface area contributed by atoms with Gasteiger partial charge in [-0.25, -0.2) is 17.9 Å². The monoisotopic (exact) mass is 445 g/mol. The second kappa shape index (κ2) is 7.39. The molecule has 2 aliphatic rings. The van der Waals surface area contributed by atoms with Gasteiger partial charge in [0.25, 0.3) is 5.91 Å². The van der Waals surface area contributed by atoms with Crippen molar-refractivity contribution in [3.05, 3.63) is 52.6 Å². The van der Waals surface area contributed by atoms with Crippen molar-refractivity contribution < 1.29 is 22.7 Å². The van der Waals surface area contributed by atoms with E-state index in [4.69, 9.17) is 4.74 Å². The number of amides is 1. The summed E-state index contributed by atoms with van der Waals surface area (Å²) < 4.78 is 49.8. The molecule has 4 heterocycles. The van der Waals surface area contributed by atoms with Gasteiger partial charge in [0.15, 0.2) is 17.5 Å². The van der Waals surface area contributed by atoms with Crippen LogP contribution in [0.2, 0.25) is 0 Å². The molecule has 1 fully saturated rings. The van der Waals surface area contributed by atoms with Gasteiger partial charge < -0.3 is 9.64 Å². The van der Waals surface area contributed by atoms with Gasteiger partial charge in [-0.15, -0.1) is 0 Å². The summed E-state index contributed by atoms with van der Waals surface area (Å²) in [6, 6.07) is 1.61. The first-order valence-electron chi connectivity index (χ1n) is 10.4. The number of carbonyl (C=O) groups is 1. The molecule has 3 aromatic rings. The molecule has 168 valence electrons. The highest BCUT2D eigenvalue weighted by Crippen LogP contribution is 2.45. The van der Waals surface area contributed by atoms with E-state index in [0.717, 1.165) is 37.0 Å². The number of methoxy groups -OCH3 is 1. The zero-order valence-electron chi connectivity index (χ0n) is 17.9. The third-order valence-electron chi connectivity index (χ3n) is 6.48. The topological polar surface area (TPSA) is 65.2 Å². The van der Waals surface area contributed by atoms with Gasteiger partial charge >= 0.3 is 0 Å². The molecule has 1 saturated heterocycles. The van der Waals surface area contributed by atoms with Crippen LogP contribution in [-0.2, 0) is 20.5 Å². The Balaban J connectivity index is 1.60. The zero-order chi connectivity index (χ0) is 22.7. The first kappa shape index (κ1) is 20.6. The van der Waals surface area contributed by atoms with Crippen molar-refractivity contribution in [3.8, 4) is 17.1 Å². The van der Waals surface area contributed by atoms with Crippen LogP contribution in [0.5, 0.6) is 5.88 Å². The van der Waals surface area contributed by atoms with E-state index in [1.54, 1.807) is 18.8 Å². The van der Waals surface area contributed by atoms with E-state index < -0.39 is 17.5 Å². The number of nitrogens with zero attached hydrogens (tertiary/aromatic N) is 5. The minimum Gasteiger partial charge on any atom is -0.481 e. The Morgan fingerprint density at radius 3 is 2.53 bits per heavy atom. The number of hydrogen-bond donors (Lipinski definition) is 0. The summed E-state index contributed by atoms with van der Waals surface area (Å²) >= 11 is 0. The lowest BCUT2D eigenvalue weighted by Crippen LogP contribution is -2.49. The first-order valence-corrected chi connectivity index (χ1v) is 10.4. The lowest BCUT2D eigenvalue weighted by atomic mass is 9.81. The molecule has 0 unspecified atom stereocenters. The maximum absolute atomic E-state index is 13.9. The van der Waals surface area contributed by atoms with Crippen LogP contribution in [0.3, 0.4) is 0 Å². The number of rotatable bonds is 3. The van der Waals surface area contributed by atoms with Crippen molar-refractivity contribution in [3.63, 3.8) is 0 Å². The van der Waals surface area contributed by atoms with E-state index in [-0.39, 0.29) is 23.6 Å². The van der Waals surface area contributed by atoms with E-state index in [1.165, 1.54) is 18.0 Å². The molecule has 32 heavy (non-hydrogen) atoms. The molecule has 0 saturated carbocycles. The molecule has 2 bridgehead atoms. The number of hydrogen-bond acceptors (Lipinski definition) is 4. The molecule has 1 aromatic carbocycles. The highest BCUT2D eigenvalue weighted by atomic mass is 19.2.